The van der Waals surface area contributed by atoms with Crippen molar-refractivity contribution in [2.24, 2.45) is 0 Å². The number of carbonyl (C=O) groups is 3. The van der Waals surface area contributed by atoms with E-state index in [0.29, 0.717) is 17.7 Å². The lowest BCUT2D eigenvalue weighted by Crippen LogP contribution is -2.41. The van der Waals surface area contributed by atoms with Crippen molar-refractivity contribution >= 4 is 17.7 Å². The predicted molar refractivity (Wildman–Crippen MR) is 110 cm³/mol. The van der Waals surface area contributed by atoms with Gasteiger partial charge in [0.15, 0.2) is 0 Å². The maximum atomic E-state index is 12.4. The maximum absolute atomic E-state index is 12.4. The number of nitrogens with one attached hydrogen (secondary N) is 1. The lowest BCUT2D eigenvalue weighted by Gasteiger charge is -2.19. The SMILES string of the molecule is Cc1ccc2c(c1)C(=O)N(CC(=O)NCCOc1ccc(C(C)(C)C)cc1)C2=O. The standard InChI is InChI=1S/C23H26N2O4/c1-15-5-10-18-19(13-15)22(28)25(21(18)27)14-20(26)24-11-12-29-17-8-6-16(7-9-17)23(2,3)4/h5-10,13H,11-12,14H2,1-4H3,(H,24,26). The first-order chi connectivity index (χ1) is 13.7. The van der Waals surface area contributed by atoms with Gasteiger partial charge in [-0.05, 0) is 42.2 Å². The lowest BCUT2D eigenvalue weighted by molar-refractivity contribution is -0.121. The molecule has 0 unspecified atom stereocenters. The van der Waals surface area contributed by atoms with E-state index in [0.717, 1.165) is 16.2 Å². The van der Waals surface area contributed by atoms with Crippen molar-refractivity contribution in [2.75, 3.05) is 19.7 Å². The van der Waals surface area contributed by atoms with Crippen LogP contribution in [0, 0.1) is 6.92 Å². The molecule has 2 aromatic carbocycles. The summed E-state index contributed by atoms with van der Waals surface area (Å²) in [5.41, 5.74) is 2.88. The molecule has 1 heterocycles. The molecule has 0 spiro atoms. The minimum atomic E-state index is -0.435. The number of benzene rings is 2. The van der Waals surface area contributed by atoms with Crippen LogP contribution in [0.4, 0.5) is 0 Å². The summed E-state index contributed by atoms with van der Waals surface area (Å²) in [5, 5.41) is 2.68. The van der Waals surface area contributed by atoms with Gasteiger partial charge < -0.3 is 10.1 Å². The van der Waals surface area contributed by atoms with Crippen molar-refractivity contribution in [1.29, 1.82) is 0 Å². The number of rotatable bonds is 6. The number of hydrogen-bond donors (Lipinski definition) is 1. The summed E-state index contributed by atoms with van der Waals surface area (Å²) in [5.74, 6) is -0.541. The molecule has 0 bridgehead atoms. The summed E-state index contributed by atoms with van der Waals surface area (Å²) in [7, 11) is 0. The Morgan fingerprint density at radius 1 is 1.00 bits per heavy atom. The fourth-order valence-electron chi connectivity index (χ4n) is 3.16. The predicted octanol–water partition coefficient (Wildman–Crippen LogP) is 3.08. The Morgan fingerprint density at radius 3 is 2.31 bits per heavy atom. The molecule has 0 atom stereocenters. The van der Waals surface area contributed by atoms with E-state index < -0.39 is 17.7 Å². The zero-order valence-electron chi connectivity index (χ0n) is 17.2. The first kappa shape index (κ1) is 20.6. The molecule has 1 N–H and O–H groups in total. The minimum absolute atomic E-state index is 0.0787. The molecule has 2 aromatic rings. The first-order valence-corrected chi connectivity index (χ1v) is 9.64. The second-order valence-corrected chi connectivity index (χ2v) is 8.22. The number of carbonyl (C=O) groups excluding carboxylic acids is 3. The van der Waals surface area contributed by atoms with Gasteiger partial charge in [-0.1, -0.05) is 44.5 Å². The molecule has 3 amide bonds. The largest absolute Gasteiger partial charge is 0.492 e. The number of ether oxygens (including phenoxy) is 1. The van der Waals surface area contributed by atoms with Gasteiger partial charge in [-0.2, -0.15) is 0 Å². The average Bonchev–Trinajstić information content (AvgIpc) is 2.89. The Balaban J connectivity index is 1.46. The first-order valence-electron chi connectivity index (χ1n) is 9.64. The van der Waals surface area contributed by atoms with Crippen molar-refractivity contribution < 1.29 is 19.1 Å². The van der Waals surface area contributed by atoms with Crippen LogP contribution >= 0.6 is 0 Å². The van der Waals surface area contributed by atoms with Crippen molar-refractivity contribution in [3.8, 4) is 5.75 Å². The van der Waals surface area contributed by atoms with Crippen LogP contribution in [0.3, 0.4) is 0 Å². The van der Waals surface area contributed by atoms with Gasteiger partial charge in [-0.25, -0.2) is 0 Å². The molecule has 1 aliphatic heterocycles. The van der Waals surface area contributed by atoms with Crippen LogP contribution < -0.4 is 10.1 Å². The van der Waals surface area contributed by atoms with Gasteiger partial charge in [0.1, 0.15) is 18.9 Å². The second-order valence-electron chi connectivity index (χ2n) is 8.22. The normalized spacial score (nSPS) is 13.4. The van der Waals surface area contributed by atoms with Crippen molar-refractivity contribution in [3.05, 3.63) is 64.7 Å². The molecule has 6 nitrogen and oxygen atoms in total. The molecule has 0 aliphatic carbocycles. The average molecular weight is 394 g/mol. The van der Waals surface area contributed by atoms with E-state index in [1.807, 2.05) is 31.2 Å². The highest BCUT2D eigenvalue weighted by Gasteiger charge is 2.36. The zero-order valence-corrected chi connectivity index (χ0v) is 17.2. The third-order valence-corrected chi connectivity index (χ3v) is 4.84. The molecule has 0 radical (unpaired) electrons. The number of imide groups is 1. The number of nitrogens with zero attached hydrogens (tertiary/aromatic N) is 1. The summed E-state index contributed by atoms with van der Waals surface area (Å²) in [6.07, 6.45) is 0. The van der Waals surface area contributed by atoms with Crippen molar-refractivity contribution in [1.82, 2.24) is 10.2 Å². The van der Waals surface area contributed by atoms with E-state index >= 15 is 0 Å². The zero-order chi connectivity index (χ0) is 21.2. The molecular formula is C23H26N2O4. The molecule has 0 saturated heterocycles. The van der Waals surface area contributed by atoms with Gasteiger partial charge in [-0.15, -0.1) is 0 Å². The summed E-state index contributed by atoms with van der Waals surface area (Å²) in [6.45, 7) is 8.57. The van der Waals surface area contributed by atoms with Gasteiger partial charge in [0.05, 0.1) is 17.7 Å². The van der Waals surface area contributed by atoms with E-state index in [1.54, 1.807) is 18.2 Å². The molecule has 1 aliphatic rings. The van der Waals surface area contributed by atoms with E-state index in [4.69, 9.17) is 4.74 Å². The van der Waals surface area contributed by atoms with Gasteiger partial charge in [0, 0.05) is 0 Å². The van der Waals surface area contributed by atoms with Gasteiger partial charge in [-0.3, -0.25) is 19.3 Å². The van der Waals surface area contributed by atoms with Crippen LogP contribution in [0.5, 0.6) is 5.75 Å². The van der Waals surface area contributed by atoms with Crippen molar-refractivity contribution in [3.63, 3.8) is 0 Å². The Kier molecular flexibility index (Phi) is 5.73. The van der Waals surface area contributed by atoms with Crippen LogP contribution in [0.15, 0.2) is 42.5 Å². The van der Waals surface area contributed by atoms with Gasteiger partial charge >= 0.3 is 0 Å². The van der Waals surface area contributed by atoms with Crippen LogP contribution in [-0.2, 0) is 10.2 Å². The monoisotopic (exact) mass is 394 g/mol. The summed E-state index contributed by atoms with van der Waals surface area (Å²) >= 11 is 0. The van der Waals surface area contributed by atoms with Gasteiger partial charge in [0.25, 0.3) is 11.8 Å². The van der Waals surface area contributed by atoms with Gasteiger partial charge in [0.2, 0.25) is 5.91 Å². The Labute approximate surface area is 170 Å². The Hall–Kier alpha value is -3.15. The molecule has 152 valence electrons. The fraction of sp³-hybridized carbons (Fsp3) is 0.348. The van der Waals surface area contributed by atoms with E-state index in [9.17, 15) is 14.4 Å². The quantitative estimate of drug-likeness (QED) is 0.603. The Morgan fingerprint density at radius 2 is 1.66 bits per heavy atom. The topological polar surface area (TPSA) is 75.7 Å². The second kappa shape index (κ2) is 8.07. The maximum Gasteiger partial charge on any atom is 0.262 e. The highest BCUT2D eigenvalue weighted by Crippen LogP contribution is 2.25. The van der Waals surface area contributed by atoms with E-state index in [-0.39, 0.29) is 18.5 Å². The lowest BCUT2D eigenvalue weighted by atomic mass is 9.87. The summed E-state index contributed by atoms with van der Waals surface area (Å²) in [6, 6.07) is 12.9. The smallest absolute Gasteiger partial charge is 0.262 e. The third kappa shape index (κ3) is 4.65. The molecule has 0 aromatic heterocycles. The molecule has 0 saturated carbocycles. The fourth-order valence-corrected chi connectivity index (χ4v) is 3.16. The van der Waals surface area contributed by atoms with Crippen molar-refractivity contribution in [2.45, 2.75) is 33.1 Å². The van der Waals surface area contributed by atoms with E-state index in [2.05, 4.69) is 26.1 Å². The summed E-state index contributed by atoms with van der Waals surface area (Å²) < 4.78 is 5.64. The molecule has 3 rings (SSSR count). The number of amides is 3. The third-order valence-electron chi connectivity index (χ3n) is 4.84. The summed E-state index contributed by atoms with van der Waals surface area (Å²) in [4.78, 5) is 37.9. The highest BCUT2D eigenvalue weighted by atomic mass is 16.5. The number of fused-ring (bicyclic) bond motifs is 1. The highest BCUT2D eigenvalue weighted by molar-refractivity contribution is 6.22. The molecule has 0 fully saturated rings. The van der Waals surface area contributed by atoms with Crippen LogP contribution in [0.1, 0.15) is 52.6 Å². The number of hydrogen-bond acceptors (Lipinski definition) is 4. The van der Waals surface area contributed by atoms with Crippen LogP contribution in [0.25, 0.3) is 0 Å². The van der Waals surface area contributed by atoms with Crippen LogP contribution in [0.2, 0.25) is 0 Å². The molecule has 6 heteroatoms. The van der Waals surface area contributed by atoms with Crippen LogP contribution in [-0.4, -0.2) is 42.3 Å². The van der Waals surface area contributed by atoms with E-state index in [1.165, 1.54) is 5.56 Å². The number of aryl methyl sites for hydroxylation is 1. The molecule has 29 heavy (non-hydrogen) atoms. The Bertz CT molecular complexity index is 942. The minimum Gasteiger partial charge on any atom is -0.492 e. The molecular weight excluding hydrogens is 368 g/mol.